The number of carbonyl (C=O) groups excluding carboxylic acids is 3. The zero-order valence-electron chi connectivity index (χ0n) is 23.4. The van der Waals surface area contributed by atoms with Crippen LogP contribution in [0.1, 0.15) is 72.4 Å². The number of amides is 1. The number of likely N-dealkylation sites (tertiary alicyclic amines) is 1. The molecule has 0 bridgehead atoms. The lowest BCUT2D eigenvalue weighted by atomic mass is 9.80. The third-order valence-corrected chi connectivity index (χ3v) is 8.11. The normalized spacial score (nSPS) is 14.7. The van der Waals surface area contributed by atoms with E-state index in [1.165, 1.54) is 12.1 Å². The van der Waals surface area contributed by atoms with Gasteiger partial charge in [-0.2, -0.15) is 0 Å². The molecule has 0 saturated carbocycles. The standard InChI is InChI=1S/C32H39FN2O3/c1-19(2)29(20(3)4)31(37)30(36)27-18-34(6)28-15-21(5)25(17-26(27)28)32(38)35-13-11-23(12-14-35)16-22-7-9-24(33)10-8-22/h7-10,15,17-20,23,29H,11-14,16H2,1-6H3. The van der Waals surface area contributed by atoms with Crippen molar-refractivity contribution in [2.45, 2.75) is 53.9 Å². The summed E-state index contributed by atoms with van der Waals surface area (Å²) in [5.41, 5.74) is 3.74. The molecule has 1 saturated heterocycles. The molecule has 1 aromatic heterocycles. The van der Waals surface area contributed by atoms with Crippen molar-refractivity contribution in [1.82, 2.24) is 9.47 Å². The van der Waals surface area contributed by atoms with E-state index in [1.54, 1.807) is 12.3 Å². The lowest BCUT2D eigenvalue weighted by molar-refractivity contribution is -0.121. The number of halogens is 1. The van der Waals surface area contributed by atoms with Crippen molar-refractivity contribution in [2.75, 3.05) is 13.1 Å². The topological polar surface area (TPSA) is 59.4 Å². The average molecular weight is 519 g/mol. The average Bonchev–Trinajstić information content (AvgIpc) is 3.19. The molecule has 1 amide bonds. The van der Waals surface area contributed by atoms with Crippen LogP contribution in [0.3, 0.4) is 0 Å². The molecule has 5 nitrogen and oxygen atoms in total. The number of hydrogen-bond acceptors (Lipinski definition) is 3. The monoisotopic (exact) mass is 518 g/mol. The van der Waals surface area contributed by atoms with Gasteiger partial charge in [0.05, 0.1) is 5.56 Å². The van der Waals surface area contributed by atoms with Crippen LogP contribution in [0.15, 0.2) is 42.6 Å². The number of carbonyl (C=O) groups is 3. The summed E-state index contributed by atoms with van der Waals surface area (Å²) in [5, 5.41) is 0.650. The van der Waals surface area contributed by atoms with Crippen LogP contribution in [0.25, 0.3) is 10.9 Å². The van der Waals surface area contributed by atoms with Crippen molar-refractivity contribution in [1.29, 1.82) is 0 Å². The molecule has 6 heteroatoms. The number of fused-ring (bicyclic) bond motifs is 1. The van der Waals surface area contributed by atoms with E-state index in [-0.39, 0.29) is 35.3 Å². The Labute approximate surface area is 225 Å². The Kier molecular flexibility index (Phi) is 8.19. The summed E-state index contributed by atoms with van der Waals surface area (Å²) in [7, 11) is 1.86. The third kappa shape index (κ3) is 5.59. The van der Waals surface area contributed by atoms with Gasteiger partial charge in [0.1, 0.15) is 5.82 Å². The molecule has 1 aliphatic heterocycles. The minimum absolute atomic E-state index is 0.0413. The van der Waals surface area contributed by atoms with E-state index < -0.39 is 5.78 Å². The predicted molar refractivity (Wildman–Crippen MR) is 149 cm³/mol. The number of Topliss-reactive ketones (excluding diaryl/α,β-unsaturated/α-hetero) is 2. The Bertz CT molecular complexity index is 1340. The molecule has 0 N–H and O–H groups in total. The van der Waals surface area contributed by atoms with Crippen molar-refractivity contribution in [3.63, 3.8) is 0 Å². The first-order chi connectivity index (χ1) is 18.0. The van der Waals surface area contributed by atoms with Crippen molar-refractivity contribution < 1.29 is 18.8 Å². The van der Waals surface area contributed by atoms with Crippen LogP contribution in [0, 0.1) is 36.4 Å². The highest BCUT2D eigenvalue weighted by atomic mass is 19.1. The molecule has 202 valence electrons. The van der Waals surface area contributed by atoms with Crippen LogP contribution < -0.4 is 0 Å². The minimum atomic E-state index is -0.480. The molecule has 0 radical (unpaired) electrons. The van der Waals surface area contributed by atoms with Gasteiger partial charge in [0.15, 0.2) is 0 Å². The lowest BCUT2D eigenvalue weighted by Gasteiger charge is -2.32. The molecule has 2 heterocycles. The molecule has 0 unspecified atom stereocenters. The fourth-order valence-corrected chi connectivity index (χ4v) is 6.07. The summed E-state index contributed by atoms with van der Waals surface area (Å²) < 4.78 is 15.1. The number of piperidine rings is 1. The fourth-order valence-electron chi connectivity index (χ4n) is 6.07. The van der Waals surface area contributed by atoms with Crippen LogP contribution in [0.4, 0.5) is 4.39 Å². The maximum atomic E-state index is 13.6. The maximum Gasteiger partial charge on any atom is 0.254 e. The zero-order chi connectivity index (χ0) is 27.7. The van der Waals surface area contributed by atoms with E-state index in [1.807, 2.05) is 69.3 Å². The second-order valence-corrected chi connectivity index (χ2v) is 11.6. The summed E-state index contributed by atoms with van der Waals surface area (Å²) in [6.45, 7) is 11.1. The number of nitrogens with zero attached hydrogens (tertiary/aromatic N) is 2. The van der Waals surface area contributed by atoms with Crippen LogP contribution >= 0.6 is 0 Å². The van der Waals surface area contributed by atoms with Gasteiger partial charge in [-0.15, -0.1) is 0 Å². The molecule has 0 spiro atoms. The number of aromatic nitrogens is 1. The number of hydrogen-bond donors (Lipinski definition) is 0. The summed E-state index contributed by atoms with van der Waals surface area (Å²) in [6, 6.07) is 10.4. The largest absolute Gasteiger partial charge is 0.350 e. The second-order valence-electron chi connectivity index (χ2n) is 11.6. The van der Waals surface area contributed by atoms with E-state index in [0.717, 1.165) is 35.9 Å². The van der Waals surface area contributed by atoms with Crippen molar-refractivity contribution in [3.8, 4) is 0 Å². The van der Waals surface area contributed by atoms with Gasteiger partial charge in [0.2, 0.25) is 11.6 Å². The van der Waals surface area contributed by atoms with Gasteiger partial charge in [-0.3, -0.25) is 14.4 Å². The third-order valence-electron chi connectivity index (χ3n) is 8.11. The smallest absolute Gasteiger partial charge is 0.254 e. The van der Waals surface area contributed by atoms with Gasteiger partial charge in [-0.05, 0) is 79.3 Å². The molecule has 1 fully saturated rings. The van der Waals surface area contributed by atoms with Crippen molar-refractivity contribution in [2.24, 2.45) is 30.7 Å². The number of aryl methyl sites for hydroxylation is 2. The highest BCUT2D eigenvalue weighted by Crippen LogP contribution is 2.30. The maximum absolute atomic E-state index is 13.6. The van der Waals surface area contributed by atoms with Gasteiger partial charge in [-0.25, -0.2) is 4.39 Å². The summed E-state index contributed by atoms with van der Waals surface area (Å²) in [5.74, 6) is -0.883. The van der Waals surface area contributed by atoms with Gasteiger partial charge >= 0.3 is 0 Å². The van der Waals surface area contributed by atoms with E-state index >= 15 is 0 Å². The number of ketones is 2. The molecule has 4 rings (SSSR count). The van der Waals surface area contributed by atoms with E-state index in [0.29, 0.717) is 35.5 Å². The van der Waals surface area contributed by atoms with Gasteiger partial charge in [0.25, 0.3) is 5.91 Å². The fraction of sp³-hybridized carbons (Fsp3) is 0.469. The Hall–Kier alpha value is -3.28. The summed E-state index contributed by atoms with van der Waals surface area (Å²) >= 11 is 0. The molecule has 0 aliphatic carbocycles. The Morgan fingerprint density at radius 3 is 2.13 bits per heavy atom. The van der Waals surface area contributed by atoms with Crippen LogP contribution in [0.2, 0.25) is 0 Å². The molecule has 2 aromatic carbocycles. The Morgan fingerprint density at radius 1 is 0.947 bits per heavy atom. The first kappa shape index (κ1) is 27.7. The zero-order valence-corrected chi connectivity index (χ0v) is 23.4. The van der Waals surface area contributed by atoms with Gasteiger partial charge < -0.3 is 9.47 Å². The van der Waals surface area contributed by atoms with Crippen molar-refractivity contribution >= 4 is 28.4 Å². The van der Waals surface area contributed by atoms with E-state index in [4.69, 9.17) is 0 Å². The second kappa shape index (κ2) is 11.2. The quantitative estimate of drug-likeness (QED) is 0.256. The van der Waals surface area contributed by atoms with Crippen molar-refractivity contribution in [3.05, 3.63) is 70.7 Å². The molecule has 0 atom stereocenters. The summed E-state index contributed by atoms with van der Waals surface area (Å²) in [4.78, 5) is 42.1. The lowest BCUT2D eigenvalue weighted by Crippen LogP contribution is -2.39. The van der Waals surface area contributed by atoms with Crippen LogP contribution in [-0.2, 0) is 18.3 Å². The number of rotatable bonds is 8. The Morgan fingerprint density at radius 2 is 1.55 bits per heavy atom. The van der Waals surface area contributed by atoms with E-state index in [2.05, 4.69) is 0 Å². The predicted octanol–water partition coefficient (Wildman–Crippen LogP) is 6.40. The van der Waals surface area contributed by atoms with E-state index in [9.17, 15) is 18.8 Å². The molecular formula is C32H39FN2O3. The first-order valence-electron chi connectivity index (χ1n) is 13.7. The molecule has 3 aromatic rings. The first-order valence-corrected chi connectivity index (χ1v) is 13.7. The summed E-state index contributed by atoms with van der Waals surface area (Å²) in [6.07, 6.45) is 4.38. The van der Waals surface area contributed by atoms with Gasteiger partial charge in [-0.1, -0.05) is 39.8 Å². The van der Waals surface area contributed by atoms with Gasteiger partial charge in [0, 0.05) is 48.7 Å². The van der Waals surface area contributed by atoms with Crippen LogP contribution in [0.5, 0.6) is 0 Å². The molecule has 38 heavy (non-hydrogen) atoms. The molecular weight excluding hydrogens is 479 g/mol. The number of benzene rings is 2. The Balaban J connectivity index is 1.55. The van der Waals surface area contributed by atoms with Crippen LogP contribution in [-0.4, -0.2) is 40.0 Å². The highest BCUT2D eigenvalue weighted by molar-refractivity contribution is 6.46. The highest BCUT2D eigenvalue weighted by Gasteiger charge is 2.33. The minimum Gasteiger partial charge on any atom is -0.350 e. The SMILES string of the molecule is Cc1cc2c(cc1C(=O)N1CCC(Cc3ccc(F)cc3)CC1)c(C(=O)C(=O)C(C(C)C)C(C)C)cn2C. The molecule has 1 aliphatic rings.